The summed E-state index contributed by atoms with van der Waals surface area (Å²) in [5.41, 5.74) is 6.96. The van der Waals surface area contributed by atoms with E-state index in [1.165, 1.54) is 18.4 Å². The van der Waals surface area contributed by atoms with Crippen molar-refractivity contribution in [2.24, 2.45) is 11.7 Å². The van der Waals surface area contributed by atoms with Crippen LogP contribution in [0, 0.1) is 5.92 Å². The number of nitrogens with two attached hydrogens (primary N) is 1. The predicted octanol–water partition coefficient (Wildman–Crippen LogP) is 2.05. The molecular formula is C16H19N3O3S. The average Bonchev–Trinajstić information content (AvgIpc) is 3.00. The van der Waals surface area contributed by atoms with E-state index >= 15 is 0 Å². The van der Waals surface area contributed by atoms with E-state index < -0.39 is 0 Å². The Hall–Kier alpha value is -2.25. The van der Waals surface area contributed by atoms with Crippen molar-refractivity contribution in [3.05, 3.63) is 46.5 Å². The van der Waals surface area contributed by atoms with Crippen molar-refractivity contribution in [2.45, 2.75) is 13.3 Å². The number of benzene rings is 1. The minimum Gasteiger partial charge on any atom is -0.465 e. The highest BCUT2D eigenvalue weighted by atomic mass is 32.1. The second-order valence-corrected chi connectivity index (χ2v) is 6.24. The first-order chi connectivity index (χ1) is 11.0. The van der Waals surface area contributed by atoms with Gasteiger partial charge in [-0.1, -0.05) is 19.1 Å². The second kappa shape index (κ2) is 7.85. The first kappa shape index (κ1) is 17.1. The predicted molar refractivity (Wildman–Crippen MR) is 89.5 cm³/mol. The van der Waals surface area contributed by atoms with Crippen LogP contribution in [-0.2, 0) is 16.0 Å². The fourth-order valence-electron chi connectivity index (χ4n) is 1.91. The number of nitrogens with one attached hydrogen (secondary N) is 1. The Balaban J connectivity index is 2.04. The number of hydrogen-bond acceptors (Lipinski definition) is 6. The van der Waals surface area contributed by atoms with Crippen LogP contribution in [-0.4, -0.2) is 30.5 Å². The topological polar surface area (TPSA) is 94.3 Å². The molecule has 0 spiro atoms. The van der Waals surface area contributed by atoms with Crippen molar-refractivity contribution < 1.29 is 14.3 Å². The van der Waals surface area contributed by atoms with Crippen LogP contribution >= 0.6 is 11.3 Å². The maximum absolute atomic E-state index is 11.8. The number of esters is 1. The highest BCUT2D eigenvalue weighted by Crippen LogP contribution is 2.22. The zero-order valence-corrected chi connectivity index (χ0v) is 13.9. The first-order valence-corrected chi connectivity index (χ1v) is 7.98. The molecule has 2 rings (SSSR count). The molecule has 3 N–H and O–H groups in total. The van der Waals surface area contributed by atoms with Crippen molar-refractivity contribution in [1.29, 1.82) is 0 Å². The Labute approximate surface area is 138 Å². The number of methoxy groups -OCH3 is 1. The second-order valence-electron chi connectivity index (χ2n) is 5.13. The fraction of sp³-hybridized carbons (Fsp3) is 0.312. The van der Waals surface area contributed by atoms with Gasteiger partial charge in [-0.25, -0.2) is 9.78 Å². The van der Waals surface area contributed by atoms with Gasteiger partial charge in [-0.2, -0.15) is 0 Å². The molecule has 1 aromatic carbocycles. The van der Waals surface area contributed by atoms with Crippen LogP contribution < -0.4 is 11.1 Å². The molecule has 7 heteroatoms. The van der Waals surface area contributed by atoms with Crippen molar-refractivity contribution in [3.63, 3.8) is 0 Å². The van der Waals surface area contributed by atoms with Gasteiger partial charge < -0.3 is 15.8 Å². The number of ether oxygens (including phenoxy) is 1. The quantitative estimate of drug-likeness (QED) is 0.789. The van der Waals surface area contributed by atoms with Gasteiger partial charge in [-0.05, 0) is 17.7 Å². The van der Waals surface area contributed by atoms with E-state index in [4.69, 9.17) is 10.5 Å². The molecule has 1 aromatic heterocycles. The molecule has 0 aliphatic carbocycles. The molecule has 1 unspecified atom stereocenters. The maximum Gasteiger partial charge on any atom is 0.337 e. The summed E-state index contributed by atoms with van der Waals surface area (Å²) in [6, 6.07) is 7.25. The maximum atomic E-state index is 11.8. The molecule has 0 radical (unpaired) electrons. The van der Waals surface area contributed by atoms with Gasteiger partial charge in [0.1, 0.15) is 0 Å². The lowest BCUT2D eigenvalue weighted by atomic mass is 10.1. The molecule has 6 nitrogen and oxygen atoms in total. The third-order valence-corrected chi connectivity index (χ3v) is 4.22. The number of nitrogens with zero attached hydrogens (tertiary/aromatic N) is 1. The number of rotatable bonds is 6. The first-order valence-electron chi connectivity index (χ1n) is 7.16. The van der Waals surface area contributed by atoms with E-state index in [0.29, 0.717) is 23.7 Å². The van der Waals surface area contributed by atoms with E-state index in [1.807, 2.05) is 12.1 Å². The molecular weight excluding hydrogens is 314 g/mol. The van der Waals surface area contributed by atoms with Crippen LogP contribution in [0.4, 0.5) is 5.13 Å². The number of amides is 1. The van der Waals surface area contributed by atoms with Crippen LogP contribution in [0.25, 0.3) is 0 Å². The highest BCUT2D eigenvalue weighted by molar-refractivity contribution is 7.15. The minimum atomic E-state index is -0.361. The minimum absolute atomic E-state index is 0.138. The summed E-state index contributed by atoms with van der Waals surface area (Å²) in [7, 11) is 1.36. The Morgan fingerprint density at radius 1 is 1.43 bits per heavy atom. The Morgan fingerprint density at radius 3 is 2.91 bits per heavy atom. The SMILES string of the molecule is COC(=O)c1cccc(Cc2cnc(NC(=O)C(C)CN)s2)c1. The third-order valence-electron chi connectivity index (χ3n) is 3.31. The smallest absolute Gasteiger partial charge is 0.337 e. The standard InChI is InChI=1S/C16H19N3O3S/c1-10(8-17)14(20)19-16-18-9-13(23-16)7-11-4-3-5-12(6-11)15(21)22-2/h3-6,9-10H,7-8,17H2,1-2H3,(H,18,19,20). The van der Waals surface area contributed by atoms with Gasteiger partial charge in [0.05, 0.1) is 12.7 Å². The van der Waals surface area contributed by atoms with E-state index in [1.54, 1.807) is 25.3 Å². The molecule has 1 atom stereocenters. The summed E-state index contributed by atoms with van der Waals surface area (Å²) in [5.74, 6) is -0.750. The summed E-state index contributed by atoms with van der Waals surface area (Å²) < 4.78 is 4.72. The van der Waals surface area contributed by atoms with Crippen LogP contribution in [0.3, 0.4) is 0 Å². The summed E-state index contributed by atoms with van der Waals surface area (Å²) >= 11 is 1.40. The normalized spacial score (nSPS) is 11.8. The van der Waals surface area contributed by atoms with Gasteiger partial charge in [-0.15, -0.1) is 11.3 Å². The van der Waals surface area contributed by atoms with E-state index in [2.05, 4.69) is 10.3 Å². The van der Waals surface area contributed by atoms with Gasteiger partial charge in [0.2, 0.25) is 5.91 Å². The van der Waals surface area contributed by atoms with Crippen LogP contribution in [0.15, 0.2) is 30.5 Å². The number of thiazole rings is 1. The molecule has 122 valence electrons. The zero-order chi connectivity index (χ0) is 16.8. The van der Waals surface area contributed by atoms with Gasteiger partial charge >= 0.3 is 5.97 Å². The summed E-state index contributed by atoms with van der Waals surface area (Å²) in [6.07, 6.45) is 2.35. The summed E-state index contributed by atoms with van der Waals surface area (Å²) in [4.78, 5) is 28.5. The number of hydrogen-bond donors (Lipinski definition) is 2. The van der Waals surface area contributed by atoms with Crippen molar-refractivity contribution >= 4 is 28.3 Å². The lowest BCUT2D eigenvalue weighted by molar-refractivity contribution is -0.119. The molecule has 1 heterocycles. The van der Waals surface area contributed by atoms with Crippen molar-refractivity contribution in [3.8, 4) is 0 Å². The molecule has 23 heavy (non-hydrogen) atoms. The molecule has 0 saturated heterocycles. The molecule has 0 aliphatic heterocycles. The van der Waals surface area contributed by atoms with E-state index in [0.717, 1.165) is 10.4 Å². The average molecular weight is 333 g/mol. The zero-order valence-electron chi connectivity index (χ0n) is 13.0. The van der Waals surface area contributed by atoms with Crippen LogP contribution in [0.5, 0.6) is 0 Å². The Bertz CT molecular complexity index is 699. The lowest BCUT2D eigenvalue weighted by Crippen LogP contribution is -2.26. The fourth-order valence-corrected chi connectivity index (χ4v) is 2.76. The monoisotopic (exact) mass is 333 g/mol. The molecule has 0 saturated carbocycles. The van der Waals surface area contributed by atoms with Gasteiger partial charge in [0.15, 0.2) is 5.13 Å². The third kappa shape index (κ3) is 4.61. The van der Waals surface area contributed by atoms with Gasteiger partial charge in [-0.3, -0.25) is 4.79 Å². The largest absolute Gasteiger partial charge is 0.465 e. The van der Waals surface area contributed by atoms with Gasteiger partial charge in [0, 0.05) is 30.0 Å². The molecule has 1 amide bonds. The lowest BCUT2D eigenvalue weighted by Gasteiger charge is -2.06. The number of carbonyl (C=O) groups excluding carboxylic acids is 2. The van der Waals surface area contributed by atoms with Gasteiger partial charge in [0.25, 0.3) is 0 Å². The summed E-state index contributed by atoms with van der Waals surface area (Å²) in [5, 5.41) is 3.30. The summed E-state index contributed by atoms with van der Waals surface area (Å²) in [6.45, 7) is 2.06. The molecule has 0 bridgehead atoms. The number of anilines is 1. The molecule has 0 fully saturated rings. The van der Waals surface area contributed by atoms with Crippen LogP contribution in [0.2, 0.25) is 0 Å². The number of aromatic nitrogens is 1. The molecule has 2 aromatic rings. The number of carbonyl (C=O) groups is 2. The highest BCUT2D eigenvalue weighted by Gasteiger charge is 2.13. The van der Waals surface area contributed by atoms with Crippen molar-refractivity contribution in [2.75, 3.05) is 19.0 Å². The van der Waals surface area contributed by atoms with Crippen LogP contribution in [0.1, 0.15) is 27.7 Å². The Morgan fingerprint density at radius 2 is 2.22 bits per heavy atom. The van der Waals surface area contributed by atoms with Crippen molar-refractivity contribution in [1.82, 2.24) is 4.98 Å². The van der Waals surface area contributed by atoms with E-state index in [9.17, 15) is 9.59 Å². The molecule has 0 aliphatic rings. The van der Waals surface area contributed by atoms with E-state index in [-0.39, 0.29) is 17.8 Å². The Kier molecular flexibility index (Phi) is 5.84.